The Morgan fingerprint density at radius 3 is 2.89 bits per heavy atom. The Morgan fingerprint density at radius 1 is 1.29 bits per heavy atom. The van der Waals surface area contributed by atoms with E-state index in [2.05, 4.69) is 10.1 Å². The second-order valence-electron chi connectivity index (χ2n) is 7.60. The van der Waals surface area contributed by atoms with Crippen LogP contribution in [0.15, 0.2) is 28.8 Å². The highest BCUT2D eigenvalue weighted by molar-refractivity contribution is 5.79. The Labute approximate surface area is 165 Å². The first kappa shape index (κ1) is 18.9. The first-order valence-electron chi connectivity index (χ1n) is 10.1. The summed E-state index contributed by atoms with van der Waals surface area (Å²) in [5, 5.41) is 4.06. The van der Waals surface area contributed by atoms with E-state index in [1.807, 2.05) is 29.2 Å². The second kappa shape index (κ2) is 8.73. The molecule has 1 aromatic heterocycles. The van der Waals surface area contributed by atoms with Crippen LogP contribution in [0.2, 0.25) is 0 Å². The van der Waals surface area contributed by atoms with Crippen LogP contribution in [-0.2, 0) is 22.4 Å². The van der Waals surface area contributed by atoms with E-state index in [1.165, 1.54) is 25.7 Å². The Morgan fingerprint density at radius 2 is 2.11 bits per heavy atom. The van der Waals surface area contributed by atoms with Crippen LogP contribution < -0.4 is 4.74 Å². The molecule has 2 aromatic rings. The third-order valence-corrected chi connectivity index (χ3v) is 5.54. The van der Waals surface area contributed by atoms with E-state index in [1.54, 1.807) is 7.11 Å². The third kappa shape index (κ3) is 4.52. The van der Waals surface area contributed by atoms with Gasteiger partial charge in [-0.25, -0.2) is 0 Å². The summed E-state index contributed by atoms with van der Waals surface area (Å²) in [6.45, 7) is 1.89. The SMILES string of the molecule is COc1cccc(CC(=O)N2CC(c3nc(CCOC4CCCC4)no3)C2)c1. The highest BCUT2D eigenvalue weighted by atomic mass is 16.5. The summed E-state index contributed by atoms with van der Waals surface area (Å²) in [4.78, 5) is 18.8. The number of methoxy groups -OCH3 is 1. The van der Waals surface area contributed by atoms with Crippen molar-refractivity contribution in [2.24, 2.45) is 0 Å². The lowest BCUT2D eigenvalue weighted by Gasteiger charge is -2.37. The fourth-order valence-corrected chi connectivity index (χ4v) is 3.81. The van der Waals surface area contributed by atoms with Gasteiger partial charge in [0.2, 0.25) is 11.8 Å². The summed E-state index contributed by atoms with van der Waals surface area (Å²) < 4.78 is 16.5. The van der Waals surface area contributed by atoms with E-state index < -0.39 is 0 Å². The average molecular weight is 385 g/mol. The number of rotatable bonds is 8. The molecule has 2 aliphatic rings. The zero-order valence-corrected chi connectivity index (χ0v) is 16.3. The van der Waals surface area contributed by atoms with Gasteiger partial charge in [-0.1, -0.05) is 30.1 Å². The van der Waals surface area contributed by atoms with Gasteiger partial charge in [-0.15, -0.1) is 0 Å². The minimum Gasteiger partial charge on any atom is -0.497 e. The number of ether oxygens (including phenoxy) is 2. The lowest BCUT2D eigenvalue weighted by Crippen LogP contribution is -2.49. The summed E-state index contributed by atoms with van der Waals surface area (Å²) >= 11 is 0. The van der Waals surface area contributed by atoms with Crippen molar-refractivity contribution in [2.75, 3.05) is 26.8 Å². The Kier molecular flexibility index (Phi) is 5.90. The summed E-state index contributed by atoms with van der Waals surface area (Å²) in [6, 6.07) is 7.61. The van der Waals surface area contributed by atoms with Crippen LogP contribution in [0.5, 0.6) is 5.75 Å². The zero-order valence-electron chi connectivity index (χ0n) is 16.3. The predicted molar refractivity (Wildman–Crippen MR) is 102 cm³/mol. The van der Waals surface area contributed by atoms with Crippen molar-refractivity contribution < 1.29 is 18.8 Å². The molecule has 1 amide bonds. The number of likely N-dealkylation sites (tertiary alicyclic amines) is 1. The topological polar surface area (TPSA) is 77.7 Å². The minimum absolute atomic E-state index is 0.106. The van der Waals surface area contributed by atoms with Crippen LogP contribution in [0.1, 0.15) is 48.9 Å². The molecule has 0 radical (unpaired) electrons. The molecule has 0 atom stereocenters. The maximum atomic E-state index is 12.4. The van der Waals surface area contributed by atoms with Gasteiger partial charge in [-0.3, -0.25) is 4.79 Å². The van der Waals surface area contributed by atoms with E-state index in [4.69, 9.17) is 14.0 Å². The monoisotopic (exact) mass is 385 g/mol. The van der Waals surface area contributed by atoms with E-state index >= 15 is 0 Å². The molecule has 7 heteroatoms. The first-order chi connectivity index (χ1) is 13.7. The first-order valence-corrected chi connectivity index (χ1v) is 10.1. The molecule has 150 valence electrons. The Bertz CT molecular complexity index is 794. The van der Waals surface area contributed by atoms with Crippen LogP contribution in [0.25, 0.3) is 0 Å². The quantitative estimate of drug-likeness (QED) is 0.695. The van der Waals surface area contributed by atoms with E-state index in [-0.39, 0.29) is 11.8 Å². The van der Waals surface area contributed by atoms with Crippen molar-refractivity contribution in [3.8, 4) is 5.75 Å². The summed E-state index contributed by atoms with van der Waals surface area (Å²) in [5.74, 6) is 2.32. The number of benzene rings is 1. The molecule has 0 unspecified atom stereocenters. The molecule has 0 spiro atoms. The Hall–Kier alpha value is -2.41. The molecule has 0 N–H and O–H groups in total. The van der Waals surface area contributed by atoms with Gasteiger partial charge in [0.1, 0.15) is 5.75 Å². The predicted octanol–water partition coefficient (Wildman–Crippen LogP) is 2.75. The Balaban J connectivity index is 1.21. The maximum Gasteiger partial charge on any atom is 0.233 e. The molecule has 1 aliphatic heterocycles. The van der Waals surface area contributed by atoms with Crippen LogP contribution in [-0.4, -0.2) is 53.9 Å². The van der Waals surface area contributed by atoms with Crippen molar-refractivity contribution in [3.63, 3.8) is 0 Å². The van der Waals surface area contributed by atoms with Gasteiger partial charge in [-0.05, 0) is 30.5 Å². The van der Waals surface area contributed by atoms with Crippen LogP contribution in [0, 0.1) is 0 Å². The molecular weight excluding hydrogens is 358 g/mol. The average Bonchev–Trinajstić information content (AvgIpc) is 3.33. The van der Waals surface area contributed by atoms with Gasteiger partial charge in [-0.2, -0.15) is 4.98 Å². The molecular formula is C21H27N3O4. The second-order valence-corrected chi connectivity index (χ2v) is 7.60. The van der Waals surface area contributed by atoms with E-state index in [0.29, 0.717) is 50.4 Å². The standard InChI is InChI=1S/C21H27N3O4/c1-26-18-8-4-5-15(11-18)12-20(25)24-13-16(14-24)21-22-19(23-28-21)9-10-27-17-6-2-3-7-17/h4-5,8,11,16-17H,2-3,6-7,9-10,12-14H2,1H3. The molecule has 0 bridgehead atoms. The zero-order chi connectivity index (χ0) is 19.3. The molecule has 1 saturated carbocycles. The molecule has 28 heavy (non-hydrogen) atoms. The molecule has 4 rings (SSSR count). The van der Waals surface area contributed by atoms with Crippen molar-refractivity contribution in [1.29, 1.82) is 0 Å². The van der Waals surface area contributed by atoms with Crippen molar-refractivity contribution in [2.45, 2.75) is 50.5 Å². The van der Waals surface area contributed by atoms with Gasteiger partial charge in [0, 0.05) is 19.5 Å². The van der Waals surface area contributed by atoms with Gasteiger partial charge < -0.3 is 18.9 Å². The lowest BCUT2D eigenvalue weighted by atomic mass is 9.98. The number of aromatic nitrogens is 2. The fraction of sp³-hybridized carbons (Fsp3) is 0.571. The lowest BCUT2D eigenvalue weighted by molar-refractivity contribution is -0.135. The number of carbonyl (C=O) groups is 1. The smallest absolute Gasteiger partial charge is 0.233 e. The van der Waals surface area contributed by atoms with Crippen molar-refractivity contribution in [3.05, 3.63) is 41.5 Å². The highest BCUT2D eigenvalue weighted by Crippen LogP contribution is 2.27. The normalized spacial score (nSPS) is 17.7. The van der Waals surface area contributed by atoms with Crippen LogP contribution in [0.4, 0.5) is 0 Å². The van der Waals surface area contributed by atoms with E-state index in [0.717, 1.165) is 11.3 Å². The molecule has 7 nitrogen and oxygen atoms in total. The molecule has 2 fully saturated rings. The molecule has 2 heterocycles. The molecule has 1 saturated heterocycles. The number of carbonyl (C=O) groups excluding carboxylic acids is 1. The summed E-state index contributed by atoms with van der Waals surface area (Å²) in [5.41, 5.74) is 0.954. The number of hydrogen-bond acceptors (Lipinski definition) is 6. The fourth-order valence-electron chi connectivity index (χ4n) is 3.81. The number of nitrogens with zero attached hydrogens (tertiary/aromatic N) is 3. The van der Waals surface area contributed by atoms with Crippen molar-refractivity contribution in [1.82, 2.24) is 15.0 Å². The molecule has 1 aromatic carbocycles. The summed E-state index contributed by atoms with van der Waals surface area (Å²) in [7, 11) is 1.63. The van der Waals surface area contributed by atoms with Crippen molar-refractivity contribution >= 4 is 5.91 Å². The maximum absolute atomic E-state index is 12.4. The van der Waals surface area contributed by atoms with Gasteiger partial charge >= 0.3 is 0 Å². The van der Waals surface area contributed by atoms with Crippen LogP contribution >= 0.6 is 0 Å². The van der Waals surface area contributed by atoms with Gasteiger partial charge in [0.05, 0.1) is 32.2 Å². The van der Waals surface area contributed by atoms with Crippen LogP contribution in [0.3, 0.4) is 0 Å². The highest BCUT2D eigenvalue weighted by Gasteiger charge is 2.35. The number of amides is 1. The minimum atomic E-state index is 0.106. The molecule has 1 aliphatic carbocycles. The van der Waals surface area contributed by atoms with Gasteiger partial charge in [0.25, 0.3) is 0 Å². The third-order valence-electron chi connectivity index (χ3n) is 5.54. The van der Waals surface area contributed by atoms with Gasteiger partial charge in [0.15, 0.2) is 5.82 Å². The van der Waals surface area contributed by atoms with E-state index in [9.17, 15) is 4.79 Å². The summed E-state index contributed by atoms with van der Waals surface area (Å²) in [6.07, 6.45) is 6.32. The number of hydrogen-bond donors (Lipinski definition) is 0. The largest absolute Gasteiger partial charge is 0.497 e.